The smallest absolute Gasteiger partial charge is 0.261 e. The predicted molar refractivity (Wildman–Crippen MR) is 93.3 cm³/mol. The molecule has 1 aliphatic carbocycles. The van der Waals surface area contributed by atoms with E-state index < -0.39 is 0 Å². The van der Waals surface area contributed by atoms with Crippen LogP contribution in [0.1, 0.15) is 24.5 Å². The van der Waals surface area contributed by atoms with E-state index in [2.05, 4.69) is 21.1 Å². The van der Waals surface area contributed by atoms with Gasteiger partial charge in [0.25, 0.3) is 5.71 Å². The normalized spacial score (nSPS) is 17.8. The third-order valence-corrected chi connectivity index (χ3v) is 4.72. The van der Waals surface area contributed by atoms with Crippen molar-refractivity contribution in [1.29, 1.82) is 0 Å². The Morgan fingerprint density at radius 1 is 1.08 bits per heavy atom. The Bertz CT molecular complexity index is 898. The maximum Gasteiger partial charge on any atom is 0.261 e. The molecule has 1 aromatic carbocycles. The van der Waals surface area contributed by atoms with Crippen LogP contribution in [0.5, 0.6) is 11.6 Å². The topological polar surface area (TPSA) is 60.6 Å². The molecule has 128 valence electrons. The number of nitrogens with zero attached hydrogens (tertiary/aromatic N) is 3. The second-order valence-corrected chi connectivity index (χ2v) is 6.54. The molecule has 3 aromatic rings. The molecule has 6 heteroatoms. The maximum absolute atomic E-state index is 5.95. The Hall–Kier alpha value is -2.60. The average Bonchev–Trinajstić information content (AvgIpc) is 3.42. The molecular weight excluding hydrogens is 318 g/mol. The molecule has 1 saturated heterocycles. The van der Waals surface area contributed by atoms with Gasteiger partial charge < -0.3 is 18.9 Å². The zero-order valence-electron chi connectivity index (χ0n) is 13.9. The van der Waals surface area contributed by atoms with Crippen molar-refractivity contribution < 1.29 is 14.0 Å². The molecule has 0 bridgehead atoms. The van der Waals surface area contributed by atoms with Gasteiger partial charge in [-0.2, -0.15) is 4.98 Å². The number of aromatic nitrogens is 2. The molecule has 5 rings (SSSR count). The first-order valence-electron chi connectivity index (χ1n) is 8.74. The van der Waals surface area contributed by atoms with E-state index in [0.717, 1.165) is 48.8 Å². The molecule has 3 heterocycles. The highest BCUT2D eigenvalue weighted by atomic mass is 16.5. The number of hydrogen-bond acceptors (Lipinski definition) is 6. The van der Waals surface area contributed by atoms with E-state index in [-0.39, 0.29) is 0 Å². The maximum atomic E-state index is 5.95. The minimum atomic E-state index is 0.519. The first-order chi connectivity index (χ1) is 12.4. The quantitative estimate of drug-likeness (QED) is 0.723. The van der Waals surface area contributed by atoms with Crippen molar-refractivity contribution >= 4 is 16.8 Å². The van der Waals surface area contributed by atoms with Crippen LogP contribution in [0, 0.1) is 0 Å². The summed E-state index contributed by atoms with van der Waals surface area (Å²) >= 11 is 0. The van der Waals surface area contributed by atoms with Crippen LogP contribution in [0.25, 0.3) is 11.1 Å². The summed E-state index contributed by atoms with van der Waals surface area (Å²) in [4.78, 5) is 6.76. The molecule has 0 spiro atoms. The molecule has 2 aliphatic rings. The van der Waals surface area contributed by atoms with Crippen LogP contribution in [0.4, 0.5) is 5.69 Å². The summed E-state index contributed by atoms with van der Waals surface area (Å²) in [5.74, 6) is 1.82. The lowest BCUT2D eigenvalue weighted by atomic mass is 10.2. The average molecular weight is 337 g/mol. The second kappa shape index (κ2) is 6.04. The fraction of sp³-hybridized carbons (Fsp3) is 0.368. The lowest BCUT2D eigenvalue weighted by molar-refractivity contribution is 0.122. The standard InChI is InChI=1S/C19H19N3O3/c1-2-14(22-8-10-23-11-9-22)12-15(3-1)24-17-7-6-16-18(13-4-5-13)21-25-19(16)20-17/h1-3,6-7,12-13H,4-5,8-11H2. The van der Waals surface area contributed by atoms with Gasteiger partial charge in [-0.25, -0.2) is 0 Å². The molecular formula is C19H19N3O3. The van der Waals surface area contributed by atoms with Gasteiger partial charge in [-0.15, -0.1) is 0 Å². The first kappa shape index (κ1) is 14.7. The number of ether oxygens (including phenoxy) is 2. The van der Waals surface area contributed by atoms with Gasteiger partial charge in [-0.1, -0.05) is 11.2 Å². The van der Waals surface area contributed by atoms with E-state index in [0.29, 0.717) is 17.5 Å². The minimum Gasteiger partial charge on any atom is -0.439 e. The Labute approximate surface area is 145 Å². The van der Waals surface area contributed by atoms with E-state index in [1.807, 2.05) is 30.3 Å². The third-order valence-electron chi connectivity index (χ3n) is 4.72. The van der Waals surface area contributed by atoms with Gasteiger partial charge in [0.15, 0.2) is 0 Å². The highest BCUT2D eigenvalue weighted by Gasteiger charge is 2.29. The number of rotatable bonds is 4. The summed E-state index contributed by atoms with van der Waals surface area (Å²) in [7, 11) is 0. The van der Waals surface area contributed by atoms with Crippen LogP contribution < -0.4 is 9.64 Å². The Balaban J connectivity index is 1.38. The fourth-order valence-corrected chi connectivity index (χ4v) is 3.22. The number of benzene rings is 1. The Morgan fingerprint density at radius 3 is 2.80 bits per heavy atom. The number of hydrogen-bond donors (Lipinski definition) is 0. The first-order valence-corrected chi connectivity index (χ1v) is 8.74. The monoisotopic (exact) mass is 337 g/mol. The molecule has 6 nitrogen and oxygen atoms in total. The highest BCUT2D eigenvalue weighted by Crippen LogP contribution is 2.42. The van der Waals surface area contributed by atoms with Crippen molar-refractivity contribution in [3.8, 4) is 11.6 Å². The van der Waals surface area contributed by atoms with Crippen molar-refractivity contribution in [1.82, 2.24) is 10.1 Å². The van der Waals surface area contributed by atoms with E-state index in [1.54, 1.807) is 0 Å². The van der Waals surface area contributed by atoms with Crippen molar-refractivity contribution in [3.05, 3.63) is 42.1 Å². The molecule has 1 aliphatic heterocycles. The fourth-order valence-electron chi connectivity index (χ4n) is 3.22. The summed E-state index contributed by atoms with van der Waals surface area (Å²) in [5, 5.41) is 5.17. The number of anilines is 1. The van der Waals surface area contributed by atoms with Crippen LogP contribution in [0.3, 0.4) is 0 Å². The van der Waals surface area contributed by atoms with Crippen molar-refractivity contribution in [2.45, 2.75) is 18.8 Å². The van der Waals surface area contributed by atoms with Gasteiger partial charge in [0.05, 0.1) is 24.3 Å². The van der Waals surface area contributed by atoms with Gasteiger partial charge in [-0.05, 0) is 31.0 Å². The molecule has 0 N–H and O–H groups in total. The summed E-state index contributed by atoms with van der Waals surface area (Å²) in [6.45, 7) is 3.32. The van der Waals surface area contributed by atoms with E-state index in [4.69, 9.17) is 14.0 Å². The molecule has 0 atom stereocenters. The lowest BCUT2D eigenvalue weighted by Crippen LogP contribution is -2.36. The van der Waals surface area contributed by atoms with Crippen molar-refractivity contribution in [2.24, 2.45) is 0 Å². The van der Waals surface area contributed by atoms with Crippen LogP contribution in [-0.2, 0) is 4.74 Å². The Kier molecular flexibility index (Phi) is 3.56. The summed E-state index contributed by atoms with van der Waals surface area (Å²) in [6.07, 6.45) is 2.38. The van der Waals surface area contributed by atoms with Crippen LogP contribution in [-0.4, -0.2) is 36.4 Å². The van der Waals surface area contributed by atoms with Crippen LogP contribution >= 0.6 is 0 Å². The predicted octanol–water partition coefficient (Wildman–Crippen LogP) is 3.73. The molecule has 2 aromatic heterocycles. The summed E-state index contributed by atoms with van der Waals surface area (Å²) < 4.78 is 16.7. The number of pyridine rings is 1. The SMILES string of the molecule is c1cc(Oc2ccc3c(C4CC4)noc3n2)cc(N2CCOCC2)c1. The Morgan fingerprint density at radius 2 is 1.96 bits per heavy atom. The molecule has 25 heavy (non-hydrogen) atoms. The second-order valence-electron chi connectivity index (χ2n) is 6.54. The molecule has 0 unspecified atom stereocenters. The molecule has 2 fully saturated rings. The van der Waals surface area contributed by atoms with Gasteiger partial charge in [0.2, 0.25) is 5.88 Å². The number of morpholine rings is 1. The van der Waals surface area contributed by atoms with E-state index >= 15 is 0 Å². The lowest BCUT2D eigenvalue weighted by Gasteiger charge is -2.29. The minimum absolute atomic E-state index is 0.519. The summed E-state index contributed by atoms with van der Waals surface area (Å²) in [5.41, 5.74) is 2.71. The van der Waals surface area contributed by atoms with Crippen LogP contribution in [0.15, 0.2) is 40.9 Å². The largest absolute Gasteiger partial charge is 0.439 e. The van der Waals surface area contributed by atoms with Crippen LogP contribution in [0.2, 0.25) is 0 Å². The van der Waals surface area contributed by atoms with Gasteiger partial charge in [0, 0.05) is 36.8 Å². The van der Waals surface area contributed by atoms with Gasteiger partial charge >= 0.3 is 0 Å². The van der Waals surface area contributed by atoms with Gasteiger partial charge in [-0.3, -0.25) is 0 Å². The van der Waals surface area contributed by atoms with Crippen molar-refractivity contribution in [3.63, 3.8) is 0 Å². The zero-order valence-corrected chi connectivity index (χ0v) is 13.9. The molecule has 0 radical (unpaired) electrons. The van der Waals surface area contributed by atoms with Gasteiger partial charge in [0.1, 0.15) is 5.75 Å². The zero-order chi connectivity index (χ0) is 16.6. The van der Waals surface area contributed by atoms with E-state index in [9.17, 15) is 0 Å². The van der Waals surface area contributed by atoms with E-state index in [1.165, 1.54) is 12.8 Å². The highest BCUT2D eigenvalue weighted by molar-refractivity contribution is 5.77. The molecule has 1 saturated carbocycles. The number of fused-ring (bicyclic) bond motifs is 1. The van der Waals surface area contributed by atoms with Crippen molar-refractivity contribution in [2.75, 3.05) is 31.2 Å². The third kappa shape index (κ3) is 2.93. The molecule has 0 amide bonds. The summed E-state index contributed by atoms with van der Waals surface area (Å²) in [6, 6.07) is 11.9.